The quantitative estimate of drug-likeness (QED) is 0.746. The van der Waals surface area contributed by atoms with Crippen molar-refractivity contribution >= 4 is 0 Å². The van der Waals surface area contributed by atoms with Gasteiger partial charge in [-0.15, -0.1) is 0 Å². The highest BCUT2D eigenvalue weighted by Crippen LogP contribution is 2.32. The van der Waals surface area contributed by atoms with Crippen LogP contribution >= 0.6 is 0 Å². The molecule has 0 aromatic carbocycles. The van der Waals surface area contributed by atoms with E-state index >= 15 is 0 Å². The Balaban J connectivity index is 2.44. The molecule has 0 saturated heterocycles. The molecule has 0 spiro atoms. The molecule has 3 unspecified atom stereocenters. The third-order valence-corrected chi connectivity index (χ3v) is 4.27. The van der Waals surface area contributed by atoms with Crippen LogP contribution in [0.4, 0.5) is 0 Å². The Morgan fingerprint density at radius 2 is 1.89 bits per heavy atom. The highest BCUT2D eigenvalue weighted by molar-refractivity contribution is 4.86. The summed E-state index contributed by atoms with van der Waals surface area (Å²) in [5.74, 6) is 2.39. The van der Waals surface area contributed by atoms with Crippen LogP contribution in [0.2, 0.25) is 0 Å². The van der Waals surface area contributed by atoms with E-state index in [0.29, 0.717) is 12.1 Å². The maximum atomic E-state index is 6.18. The third kappa shape index (κ3) is 5.27. The van der Waals surface area contributed by atoms with Crippen molar-refractivity contribution in [1.29, 1.82) is 0 Å². The predicted octanol–water partition coefficient (Wildman–Crippen LogP) is 3.85. The fourth-order valence-electron chi connectivity index (χ4n) is 2.90. The second-order valence-electron chi connectivity index (χ2n) is 6.57. The number of hydrogen-bond acceptors (Lipinski definition) is 2. The first-order valence-electron chi connectivity index (χ1n) is 7.89. The van der Waals surface area contributed by atoms with Gasteiger partial charge in [0.05, 0.1) is 6.10 Å². The zero-order valence-electron chi connectivity index (χ0n) is 13.0. The summed E-state index contributed by atoms with van der Waals surface area (Å²) in [5.41, 5.74) is 0. The number of likely N-dealkylation sites (N-methyl/N-ethyl adjacent to an activating group) is 1. The molecule has 1 fully saturated rings. The zero-order chi connectivity index (χ0) is 13.5. The maximum Gasteiger partial charge on any atom is 0.0730 e. The van der Waals surface area contributed by atoms with Gasteiger partial charge in [-0.2, -0.15) is 0 Å². The molecule has 1 saturated carbocycles. The van der Waals surface area contributed by atoms with Crippen molar-refractivity contribution in [3.05, 3.63) is 0 Å². The molecule has 2 heteroatoms. The largest absolute Gasteiger partial charge is 0.377 e. The van der Waals surface area contributed by atoms with Crippen LogP contribution in [0.25, 0.3) is 0 Å². The van der Waals surface area contributed by atoms with Crippen LogP contribution in [0.5, 0.6) is 0 Å². The van der Waals surface area contributed by atoms with E-state index in [4.69, 9.17) is 4.74 Å². The lowest BCUT2D eigenvalue weighted by atomic mass is 9.78. The number of ether oxygens (including phenoxy) is 1. The van der Waals surface area contributed by atoms with Crippen LogP contribution < -0.4 is 5.32 Å². The third-order valence-electron chi connectivity index (χ3n) is 4.27. The van der Waals surface area contributed by atoms with E-state index < -0.39 is 0 Å². The molecule has 2 nitrogen and oxygen atoms in total. The molecule has 0 bridgehead atoms. The molecule has 0 heterocycles. The Bertz CT molecular complexity index is 215. The van der Waals surface area contributed by atoms with Crippen molar-refractivity contribution in [2.24, 2.45) is 17.8 Å². The second kappa shape index (κ2) is 8.16. The van der Waals surface area contributed by atoms with E-state index in [1.165, 1.54) is 25.7 Å². The minimum atomic E-state index is 0.435. The van der Waals surface area contributed by atoms with E-state index in [9.17, 15) is 0 Å². The average molecular weight is 255 g/mol. The fourth-order valence-corrected chi connectivity index (χ4v) is 2.90. The first-order valence-corrected chi connectivity index (χ1v) is 7.89. The first-order chi connectivity index (χ1) is 8.54. The Kier molecular flexibility index (Phi) is 7.25. The molecule has 0 aromatic heterocycles. The topological polar surface area (TPSA) is 21.3 Å². The molecule has 108 valence electrons. The molecule has 1 aliphatic carbocycles. The summed E-state index contributed by atoms with van der Waals surface area (Å²) in [7, 11) is 0. The van der Waals surface area contributed by atoms with E-state index in [1.807, 2.05) is 0 Å². The molecule has 0 aliphatic heterocycles. The van der Waals surface area contributed by atoms with Crippen LogP contribution in [-0.4, -0.2) is 25.3 Å². The van der Waals surface area contributed by atoms with Gasteiger partial charge in [0.15, 0.2) is 0 Å². The van der Waals surface area contributed by atoms with Crippen molar-refractivity contribution in [3.8, 4) is 0 Å². The van der Waals surface area contributed by atoms with Gasteiger partial charge in [0.2, 0.25) is 0 Å². The lowest BCUT2D eigenvalue weighted by Crippen LogP contribution is -2.46. The van der Waals surface area contributed by atoms with Gasteiger partial charge in [-0.25, -0.2) is 0 Å². The summed E-state index contributed by atoms with van der Waals surface area (Å²) in [6.45, 7) is 13.4. The van der Waals surface area contributed by atoms with Crippen molar-refractivity contribution in [2.45, 2.75) is 72.4 Å². The molecular formula is C16H33NO. The zero-order valence-corrected chi connectivity index (χ0v) is 13.0. The van der Waals surface area contributed by atoms with Crippen LogP contribution in [0.15, 0.2) is 0 Å². The molecule has 18 heavy (non-hydrogen) atoms. The summed E-state index contributed by atoms with van der Waals surface area (Å²) in [6, 6.07) is 0.581. The Hall–Kier alpha value is -0.0800. The number of nitrogens with one attached hydrogen (secondary N) is 1. The van der Waals surface area contributed by atoms with Crippen LogP contribution in [0.3, 0.4) is 0 Å². The van der Waals surface area contributed by atoms with Gasteiger partial charge in [0, 0.05) is 12.6 Å². The first kappa shape index (κ1) is 16.0. The molecule has 0 radical (unpaired) electrons. The molecule has 1 rings (SSSR count). The highest BCUT2D eigenvalue weighted by Gasteiger charge is 2.31. The number of rotatable bonds is 7. The van der Waals surface area contributed by atoms with E-state index in [2.05, 4.69) is 39.9 Å². The SMILES string of the molecule is CCNC1CCC(C(C)C)CC1OCCC(C)C. The monoisotopic (exact) mass is 255 g/mol. The van der Waals surface area contributed by atoms with Crippen LogP contribution in [0.1, 0.15) is 60.3 Å². The molecular weight excluding hydrogens is 222 g/mol. The van der Waals surface area contributed by atoms with Crippen molar-refractivity contribution in [1.82, 2.24) is 5.32 Å². The van der Waals surface area contributed by atoms with Gasteiger partial charge in [0.1, 0.15) is 0 Å². The van der Waals surface area contributed by atoms with E-state index in [-0.39, 0.29) is 0 Å². The predicted molar refractivity (Wildman–Crippen MR) is 78.8 cm³/mol. The van der Waals surface area contributed by atoms with Crippen LogP contribution in [-0.2, 0) is 4.74 Å². The Morgan fingerprint density at radius 1 is 1.17 bits per heavy atom. The highest BCUT2D eigenvalue weighted by atomic mass is 16.5. The van der Waals surface area contributed by atoms with Crippen LogP contribution in [0, 0.1) is 17.8 Å². The second-order valence-corrected chi connectivity index (χ2v) is 6.57. The van der Waals surface area contributed by atoms with Gasteiger partial charge in [0.25, 0.3) is 0 Å². The molecule has 1 N–H and O–H groups in total. The van der Waals surface area contributed by atoms with E-state index in [0.717, 1.165) is 30.9 Å². The Labute approximate surface area is 114 Å². The molecule has 0 aromatic rings. The molecule has 3 atom stereocenters. The lowest BCUT2D eigenvalue weighted by molar-refractivity contribution is -0.0199. The minimum Gasteiger partial charge on any atom is -0.377 e. The summed E-state index contributed by atoms with van der Waals surface area (Å²) in [6.07, 6.45) is 5.50. The fraction of sp³-hybridized carbons (Fsp3) is 1.00. The average Bonchev–Trinajstić information content (AvgIpc) is 2.30. The van der Waals surface area contributed by atoms with Gasteiger partial charge in [-0.3, -0.25) is 0 Å². The molecule has 0 amide bonds. The minimum absolute atomic E-state index is 0.435. The molecule has 1 aliphatic rings. The normalized spacial score (nSPS) is 29.2. The van der Waals surface area contributed by atoms with E-state index in [1.54, 1.807) is 0 Å². The summed E-state index contributed by atoms with van der Waals surface area (Å²) in [4.78, 5) is 0. The van der Waals surface area contributed by atoms with Gasteiger partial charge < -0.3 is 10.1 Å². The van der Waals surface area contributed by atoms with Gasteiger partial charge in [-0.1, -0.05) is 34.6 Å². The standard InChI is InChI=1S/C16H33NO/c1-6-17-15-8-7-14(13(4)5)11-16(15)18-10-9-12(2)3/h12-17H,6-11H2,1-5H3. The maximum absolute atomic E-state index is 6.18. The Morgan fingerprint density at radius 3 is 2.44 bits per heavy atom. The summed E-state index contributed by atoms with van der Waals surface area (Å²) >= 11 is 0. The van der Waals surface area contributed by atoms with Crippen molar-refractivity contribution in [2.75, 3.05) is 13.2 Å². The van der Waals surface area contributed by atoms with Gasteiger partial charge >= 0.3 is 0 Å². The number of hydrogen-bond donors (Lipinski definition) is 1. The summed E-state index contributed by atoms with van der Waals surface area (Å²) in [5, 5.41) is 3.61. The lowest BCUT2D eigenvalue weighted by Gasteiger charge is -2.38. The van der Waals surface area contributed by atoms with Gasteiger partial charge in [-0.05, 0) is 50.0 Å². The smallest absolute Gasteiger partial charge is 0.0730 e. The van der Waals surface area contributed by atoms with Crippen molar-refractivity contribution < 1.29 is 4.74 Å². The summed E-state index contributed by atoms with van der Waals surface area (Å²) < 4.78 is 6.18. The van der Waals surface area contributed by atoms with Crippen molar-refractivity contribution in [3.63, 3.8) is 0 Å².